The lowest BCUT2D eigenvalue weighted by Gasteiger charge is -2.01. The summed E-state index contributed by atoms with van der Waals surface area (Å²) < 4.78 is 0. The fraction of sp³-hybridized carbons (Fsp3) is 0.875. The van der Waals surface area contributed by atoms with Crippen molar-refractivity contribution in [3.63, 3.8) is 0 Å². The van der Waals surface area contributed by atoms with Crippen molar-refractivity contribution in [1.82, 2.24) is 5.32 Å². The number of hydrogen-bond donors (Lipinski definition) is 4. The van der Waals surface area contributed by atoms with Crippen molar-refractivity contribution in [2.75, 3.05) is 6.54 Å². The molecule has 1 aliphatic heterocycles. The minimum atomic E-state index is -0.400. The maximum atomic E-state index is 10.4. The van der Waals surface area contributed by atoms with Gasteiger partial charge in [0.25, 0.3) is 0 Å². The van der Waals surface area contributed by atoms with Crippen molar-refractivity contribution in [3.8, 4) is 0 Å². The topological polar surface area (TPSA) is 101 Å². The summed E-state index contributed by atoms with van der Waals surface area (Å²) in [6, 6.07) is 0.0139. The summed E-state index contributed by atoms with van der Waals surface area (Å²) in [6.07, 6.45) is 0.0532. The quantitative estimate of drug-likeness (QED) is 0.405. The van der Waals surface area contributed by atoms with Crippen LogP contribution in [0.25, 0.3) is 0 Å². The lowest BCUT2D eigenvalue weighted by Crippen LogP contribution is -2.36. The number of hydrogen-bond acceptors (Lipinski definition) is 4. The summed E-state index contributed by atoms with van der Waals surface area (Å²) in [6.45, 7) is 4.37. The van der Waals surface area contributed by atoms with E-state index in [0.717, 1.165) is 0 Å². The predicted molar refractivity (Wildman–Crippen MR) is 50.9 cm³/mol. The van der Waals surface area contributed by atoms with Crippen LogP contribution in [0.1, 0.15) is 20.3 Å². The maximum absolute atomic E-state index is 10.4. The zero-order chi connectivity index (χ0) is 10.4. The Balaban J connectivity index is 0.000000310. The molecule has 0 aliphatic carbocycles. The van der Waals surface area contributed by atoms with Gasteiger partial charge in [-0.25, -0.2) is 0 Å². The largest absolute Gasteiger partial charge is 0.392 e. The average molecular weight is 189 g/mol. The van der Waals surface area contributed by atoms with Gasteiger partial charge < -0.3 is 21.9 Å². The highest BCUT2D eigenvalue weighted by Gasteiger charge is 2.25. The van der Waals surface area contributed by atoms with Crippen LogP contribution < -0.4 is 16.8 Å². The number of nitrogens with one attached hydrogen (secondary N) is 1. The average Bonchev–Trinajstić information content (AvgIpc) is 2.34. The van der Waals surface area contributed by atoms with Crippen LogP contribution in [0, 0.1) is 0 Å². The van der Waals surface area contributed by atoms with Gasteiger partial charge in [0, 0.05) is 6.54 Å². The Morgan fingerprint density at radius 3 is 2.23 bits per heavy atom. The summed E-state index contributed by atoms with van der Waals surface area (Å²) in [5.74, 6) is -0.383. The molecule has 0 aromatic rings. The second-order valence-electron chi connectivity index (χ2n) is 3.50. The summed E-state index contributed by atoms with van der Waals surface area (Å²) >= 11 is 0. The van der Waals surface area contributed by atoms with Crippen LogP contribution in [0.2, 0.25) is 0 Å². The predicted octanol–water partition coefficient (Wildman–Crippen LogP) is -1.45. The van der Waals surface area contributed by atoms with Crippen LogP contribution in [0.3, 0.4) is 0 Å². The van der Waals surface area contributed by atoms with Crippen molar-refractivity contribution in [2.24, 2.45) is 11.5 Å². The third-order valence-corrected chi connectivity index (χ3v) is 1.45. The van der Waals surface area contributed by atoms with E-state index >= 15 is 0 Å². The van der Waals surface area contributed by atoms with Gasteiger partial charge in [0.05, 0.1) is 12.1 Å². The van der Waals surface area contributed by atoms with Gasteiger partial charge in [-0.3, -0.25) is 4.79 Å². The fourth-order valence-electron chi connectivity index (χ4n) is 0.934. The van der Waals surface area contributed by atoms with E-state index in [1.165, 1.54) is 0 Å². The summed E-state index contributed by atoms with van der Waals surface area (Å²) in [5, 5.41) is 11.7. The number of aliphatic hydroxyl groups is 1. The van der Waals surface area contributed by atoms with Gasteiger partial charge in [-0.15, -0.1) is 0 Å². The number of carbonyl (C=O) groups excluding carboxylic acids is 1. The molecule has 0 bridgehead atoms. The Labute approximate surface area is 78.5 Å². The monoisotopic (exact) mass is 189 g/mol. The molecular formula is C8H19N3O2. The molecule has 78 valence electrons. The highest BCUT2D eigenvalue weighted by atomic mass is 16.3. The Morgan fingerprint density at radius 2 is 2.08 bits per heavy atom. The molecule has 0 aromatic carbocycles. The summed E-state index contributed by atoms with van der Waals surface area (Å²) in [7, 11) is 0. The van der Waals surface area contributed by atoms with Crippen molar-refractivity contribution in [1.29, 1.82) is 0 Å². The third kappa shape index (κ3) is 6.51. The molecule has 0 saturated carbocycles. The van der Waals surface area contributed by atoms with E-state index in [1.807, 2.05) is 13.8 Å². The molecule has 1 fully saturated rings. The Bertz CT molecular complexity index is 159. The van der Waals surface area contributed by atoms with Crippen LogP contribution in [-0.2, 0) is 4.79 Å². The molecule has 0 unspecified atom stereocenters. The Hall–Kier alpha value is -0.650. The van der Waals surface area contributed by atoms with E-state index < -0.39 is 6.10 Å². The number of β-amino-alcohol motifs (C(OH)–C–C–N with tert-alkyl or cyclic N) is 1. The van der Waals surface area contributed by atoms with Crippen LogP contribution in [0.4, 0.5) is 0 Å². The third-order valence-electron chi connectivity index (χ3n) is 1.45. The first kappa shape index (κ1) is 12.3. The number of rotatable bonds is 1. The summed E-state index contributed by atoms with van der Waals surface area (Å²) in [4.78, 5) is 10.4. The van der Waals surface area contributed by atoms with Crippen molar-refractivity contribution in [2.45, 2.75) is 38.5 Å². The SMILES string of the molecule is CC(C)N.NC(=O)[C@@H]1C[C@@H](O)CN1. The number of primary amides is 1. The normalized spacial score (nSPS) is 26.8. The fourth-order valence-corrected chi connectivity index (χ4v) is 0.934. The van der Waals surface area contributed by atoms with E-state index in [-0.39, 0.29) is 11.9 Å². The van der Waals surface area contributed by atoms with Crippen LogP contribution >= 0.6 is 0 Å². The van der Waals surface area contributed by atoms with E-state index in [4.69, 9.17) is 16.6 Å². The van der Waals surface area contributed by atoms with Crippen LogP contribution in [0.5, 0.6) is 0 Å². The Kier molecular flexibility index (Phi) is 5.61. The standard InChI is InChI=1S/C5H10N2O2.C3H9N/c6-5(9)4-1-3(8)2-7-4;1-3(2)4/h3-4,7-8H,1-2H2,(H2,6,9);3H,4H2,1-2H3/t3-,4+;/m1./s1. The molecule has 5 heteroatoms. The molecule has 1 saturated heterocycles. The molecule has 1 amide bonds. The zero-order valence-corrected chi connectivity index (χ0v) is 8.16. The van der Waals surface area contributed by atoms with E-state index in [2.05, 4.69) is 5.32 Å². The molecule has 0 radical (unpaired) electrons. The van der Waals surface area contributed by atoms with Crippen LogP contribution in [-0.4, -0.2) is 35.7 Å². The molecule has 2 atom stereocenters. The van der Waals surface area contributed by atoms with Gasteiger partial charge in [0.15, 0.2) is 0 Å². The first-order chi connectivity index (χ1) is 5.93. The second kappa shape index (κ2) is 5.90. The molecule has 5 nitrogen and oxygen atoms in total. The van der Waals surface area contributed by atoms with Gasteiger partial charge >= 0.3 is 0 Å². The van der Waals surface area contributed by atoms with Crippen molar-refractivity contribution < 1.29 is 9.90 Å². The molecule has 0 aromatic heterocycles. The molecule has 0 spiro atoms. The lowest BCUT2D eigenvalue weighted by molar-refractivity contribution is -0.119. The van der Waals surface area contributed by atoms with E-state index in [1.54, 1.807) is 0 Å². The van der Waals surface area contributed by atoms with Crippen molar-refractivity contribution in [3.05, 3.63) is 0 Å². The van der Waals surface area contributed by atoms with Gasteiger partial charge in [0.2, 0.25) is 5.91 Å². The van der Waals surface area contributed by atoms with Gasteiger partial charge in [-0.05, 0) is 12.5 Å². The second-order valence-corrected chi connectivity index (χ2v) is 3.50. The van der Waals surface area contributed by atoms with Gasteiger partial charge in [-0.2, -0.15) is 0 Å². The summed E-state index contributed by atoms with van der Waals surface area (Å²) in [5.41, 5.74) is 10.1. The van der Waals surface area contributed by atoms with Crippen molar-refractivity contribution >= 4 is 5.91 Å². The first-order valence-corrected chi connectivity index (χ1v) is 4.39. The molecule has 6 N–H and O–H groups in total. The Morgan fingerprint density at radius 1 is 1.62 bits per heavy atom. The minimum absolute atomic E-state index is 0.319. The lowest BCUT2D eigenvalue weighted by atomic mass is 10.2. The first-order valence-electron chi connectivity index (χ1n) is 4.39. The molecule has 1 heterocycles. The molecular weight excluding hydrogens is 170 g/mol. The smallest absolute Gasteiger partial charge is 0.234 e. The maximum Gasteiger partial charge on any atom is 0.234 e. The number of nitrogens with two attached hydrogens (primary N) is 2. The minimum Gasteiger partial charge on any atom is -0.392 e. The highest BCUT2D eigenvalue weighted by Crippen LogP contribution is 2.04. The number of aliphatic hydroxyl groups excluding tert-OH is 1. The zero-order valence-electron chi connectivity index (χ0n) is 8.16. The molecule has 1 aliphatic rings. The van der Waals surface area contributed by atoms with E-state index in [0.29, 0.717) is 19.0 Å². The number of carbonyl (C=O) groups is 1. The van der Waals surface area contributed by atoms with Gasteiger partial charge in [0.1, 0.15) is 0 Å². The van der Waals surface area contributed by atoms with Gasteiger partial charge in [-0.1, -0.05) is 13.8 Å². The highest BCUT2D eigenvalue weighted by molar-refractivity contribution is 5.80. The number of amides is 1. The van der Waals surface area contributed by atoms with Crippen LogP contribution in [0.15, 0.2) is 0 Å². The van der Waals surface area contributed by atoms with E-state index in [9.17, 15) is 4.79 Å². The molecule has 1 rings (SSSR count). The molecule has 13 heavy (non-hydrogen) atoms.